The van der Waals surface area contributed by atoms with Crippen molar-refractivity contribution in [3.8, 4) is 11.6 Å². The topological polar surface area (TPSA) is 92.7 Å². The van der Waals surface area contributed by atoms with E-state index in [2.05, 4.69) is 15.6 Å². The first kappa shape index (κ1) is 17.6. The maximum Gasteiger partial charge on any atom is 0.319 e. The van der Waals surface area contributed by atoms with Gasteiger partial charge in [-0.05, 0) is 36.8 Å². The minimum absolute atomic E-state index is 0.0718. The van der Waals surface area contributed by atoms with Gasteiger partial charge in [0.2, 0.25) is 5.88 Å². The number of aliphatic hydroxyl groups is 1. The maximum absolute atomic E-state index is 12.0. The second-order valence-corrected chi connectivity index (χ2v) is 4.91. The smallest absolute Gasteiger partial charge is 0.319 e. The molecule has 2 aromatic rings. The number of amides is 2. The highest BCUT2D eigenvalue weighted by atomic mass is 16.5. The Kier molecular flexibility index (Phi) is 6.39. The van der Waals surface area contributed by atoms with Crippen molar-refractivity contribution in [1.29, 1.82) is 0 Å². The van der Waals surface area contributed by atoms with Crippen LogP contribution in [-0.2, 0) is 0 Å². The van der Waals surface area contributed by atoms with E-state index >= 15 is 0 Å². The van der Waals surface area contributed by atoms with Crippen molar-refractivity contribution in [2.45, 2.75) is 13.0 Å². The molecule has 24 heavy (non-hydrogen) atoms. The fourth-order valence-corrected chi connectivity index (χ4v) is 2.04. The number of rotatable bonds is 7. The zero-order valence-electron chi connectivity index (χ0n) is 13.7. The molecule has 2 amide bonds. The summed E-state index contributed by atoms with van der Waals surface area (Å²) >= 11 is 0. The molecule has 0 aliphatic carbocycles. The Morgan fingerprint density at radius 1 is 1.29 bits per heavy atom. The number of aliphatic hydroxyl groups excluding tert-OH is 1. The lowest BCUT2D eigenvalue weighted by molar-refractivity contribution is 0.175. The number of nitrogens with one attached hydrogen (secondary N) is 2. The van der Waals surface area contributed by atoms with Crippen molar-refractivity contribution in [3.63, 3.8) is 0 Å². The number of hydrogen-bond acceptors (Lipinski definition) is 5. The standard InChI is InChI=1S/C17H21N3O4/c1-3-24-16-14(5-4-10-18-16)20-17(22)19-11-15(21)12-6-8-13(23-2)9-7-12/h4-10,15,21H,3,11H2,1-2H3,(H2,19,20,22)/t15-/m0/s1. The van der Waals surface area contributed by atoms with Crippen LogP contribution in [0.4, 0.5) is 10.5 Å². The van der Waals surface area contributed by atoms with E-state index in [1.54, 1.807) is 49.7 Å². The van der Waals surface area contributed by atoms with Crippen LogP contribution in [0.25, 0.3) is 0 Å². The van der Waals surface area contributed by atoms with E-state index in [9.17, 15) is 9.90 Å². The molecule has 0 aliphatic heterocycles. The third-order valence-corrected chi connectivity index (χ3v) is 3.26. The third kappa shape index (κ3) is 4.85. The Morgan fingerprint density at radius 3 is 2.71 bits per heavy atom. The molecule has 7 heteroatoms. The molecule has 0 fully saturated rings. The number of methoxy groups -OCH3 is 1. The molecule has 0 radical (unpaired) electrons. The Hall–Kier alpha value is -2.80. The number of nitrogens with zero attached hydrogens (tertiary/aromatic N) is 1. The van der Waals surface area contributed by atoms with E-state index in [-0.39, 0.29) is 6.54 Å². The minimum atomic E-state index is -0.818. The number of carbonyl (C=O) groups excluding carboxylic acids is 1. The Balaban J connectivity index is 1.88. The van der Waals surface area contributed by atoms with Crippen molar-refractivity contribution in [2.75, 3.05) is 25.6 Å². The first-order chi connectivity index (χ1) is 11.6. The van der Waals surface area contributed by atoms with Crippen molar-refractivity contribution < 1.29 is 19.4 Å². The zero-order chi connectivity index (χ0) is 17.4. The van der Waals surface area contributed by atoms with E-state index in [0.29, 0.717) is 29.5 Å². The van der Waals surface area contributed by atoms with Crippen LogP contribution in [0.1, 0.15) is 18.6 Å². The number of benzene rings is 1. The molecule has 0 saturated heterocycles. The van der Waals surface area contributed by atoms with E-state index in [1.165, 1.54) is 0 Å². The number of urea groups is 1. The molecule has 0 spiro atoms. The van der Waals surface area contributed by atoms with Crippen molar-refractivity contribution >= 4 is 11.7 Å². The Morgan fingerprint density at radius 2 is 2.04 bits per heavy atom. The number of ether oxygens (including phenoxy) is 2. The van der Waals surface area contributed by atoms with Gasteiger partial charge in [-0.2, -0.15) is 0 Å². The van der Waals surface area contributed by atoms with Crippen LogP contribution in [0, 0.1) is 0 Å². The largest absolute Gasteiger partial charge is 0.497 e. The lowest BCUT2D eigenvalue weighted by Crippen LogP contribution is -2.32. The van der Waals surface area contributed by atoms with Crippen LogP contribution in [0.5, 0.6) is 11.6 Å². The molecule has 0 bridgehead atoms. The maximum atomic E-state index is 12.0. The Labute approximate surface area is 140 Å². The van der Waals surface area contributed by atoms with Gasteiger partial charge in [0.25, 0.3) is 0 Å². The lowest BCUT2D eigenvalue weighted by atomic mass is 10.1. The molecule has 0 unspecified atom stereocenters. The predicted octanol–water partition coefficient (Wildman–Crippen LogP) is 2.34. The average molecular weight is 331 g/mol. The van der Waals surface area contributed by atoms with Gasteiger partial charge in [0.05, 0.1) is 19.8 Å². The molecule has 0 saturated carbocycles. The molecular formula is C17H21N3O4. The monoisotopic (exact) mass is 331 g/mol. The molecule has 1 aromatic heterocycles. The summed E-state index contributed by atoms with van der Waals surface area (Å²) in [7, 11) is 1.58. The summed E-state index contributed by atoms with van der Waals surface area (Å²) in [5, 5.41) is 15.4. The van der Waals surface area contributed by atoms with Crippen LogP contribution >= 0.6 is 0 Å². The molecule has 2 rings (SSSR count). The third-order valence-electron chi connectivity index (χ3n) is 3.26. The summed E-state index contributed by atoms with van der Waals surface area (Å²) in [4.78, 5) is 16.0. The number of aromatic nitrogens is 1. The van der Waals surface area contributed by atoms with E-state index in [1.807, 2.05) is 6.92 Å². The summed E-state index contributed by atoms with van der Waals surface area (Å²) in [5.74, 6) is 1.06. The number of carbonyl (C=O) groups is 1. The summed E-state index contributed by atoms with van der Waals surface area (Å²) < 4.78 is 10.4. The SMILES string of the molecule is CCOc1ncccc1NC(=O)NC[C@H](O)c1ccc(OC)cc1. The Bertz CT molecular complexity index is 661. The number of hydrogen-bond donors (Lipinski definition) is 3. The molecule has 1 aromatic carbocycles. The minimum Gasteiger partial charge on any atom is -0.497 e. The summed E-state index contributed by atoms with van der Waals surface area (Å²) in [6.07, 6.45) is 0.767. The van der Waals surface area contributed by atoms with Gasteiger partial charge in [0.15, 0.2) is 0 Å². The average Bonchev–Trinajstić information content (AvgIpc) is 2.61. The van der Waals surface area contributed by atoms with Gasteiger partial charge >= 0.3 is 6.03 Å². The van der Waals surface area contributed by atoms with E-state index in [4.69, 9.17) is 9.47 Å². The number of anilines is 1. The molecule has 3 N–H and O–H groups in total. The van der Waals surface area contributed by atoms with Gasteiger partial charge < -0.3 is 25.2 Å². The molecule has 1 atom stereocenters. The van der Waals surface area contributed by atoms with Crippen LogP contribution in [0.2, 0.25) is 0 Å². The highest BCUT2D eigenvalue weighted by Gasteiger charge is 2.12. The van der Waals surface area contributed by atoms with Gasteiger partial charge in [0, 0.05) is 12.7 Å². The predicted molar refractivity (Wildman–Crippen MR) is 90.4 cm³/mol. The van der Waals surface area contributed by atoms with Crippen LogP contribution in [0.3, 0.4) is 0 Å². The van der Waals surface area contributed by atoms with Crippen LogP contribution in [-0.4, -0.2) is 36.4 Å². The molecule has 1 heterocycles. The van der Waals surface area contributed by atoms with Crippen LogP contribution in [0.15, 0.2) is 42.6 Å². The normalized spacial score (nSPS) is 11.5. The lowest BCUT2D eigenvalue weighted by Gasteiger charge is -2.14. The van der Waals surface area contributed by atoms with Crippen molar-refractivity contribution in [2.24, 2.45) is 0 Å². The summed E-state index contributed by atoms with van der Waals surface area (Å²) in [6, 6.07) is 9.94. The highest BCUT2D eigenvalue weighted by Crippen LogP contribution is 2.20. The van der Waals surface area contributed by atoms with Crippen LogP contribution < -0.4 is 20.1 Å². The first-order valence-corrected chi connectivity index (χ1v) is 7.58. The molecular weight excluding hydrogens is 310 g/mol. The van der Waals surface area contributed by atoms with Gasteiger partial charge in [0.1, 0.15) is 11.4 Å². The fraction of sp³-hybridized carbons (Fsp3) is 0.294. The van der Waals surface area contributed by atoms with Crippen molar-refractivity contribution in [1.82, 2.24) is 10.3 Å². The van der Waals surface area contributed by atoms with Crippen molar-refractivity contribution in [3.05, 3.63) is 48.2 Å². The molecule has 7 nitrogen and oxygen atoms in total. The molecule has 0 aliphatic rings. The van der Waals surface area contributed by atoms with E-state index in [0.717, 1.165) is 0 Å². The van der Waals surface area contributed by atoms with Gasteiger partial charge in [-0.25, -0.2) is 9.78 Å². The quantitative estimate of drug-likeness (QED) is 0.724. The first-order valence-electron chi connectivity index (χ1n) is 7.58. The highest BCUT2D eigenvalue weighted by molar-refractivity contribution is 5.90. The summed E-state index contributed by atoms with van der Waals surface area (Å²) in [6.45, 7) is 2.36. The molecule has 128 valence electrons. The van der Waals surface area contributed by atoms with Gasteiger partial charge in [-0.1, -0.05) is 12.1 Å². The van der Waals surface area contributed by atoms with Gasteiger partial charge in [-0.3, -0.25) is 0 Å². The van der Waals surface area contributed by atoms with Gasteiger partial charge in [-0.15, -0.1) is 0 Å². The fourth-order valence-electron chi connectivity index (χ4n) is 2.04. The second kappa shape index (κ2) is 8.73. The summed E-state index contributed by atoms with van der Waals surface area (Å²) in [5.41, 5.74) is 1.16. The van der Waals surface area contributed by atoms with E-state index < -0.39 is 12.1 Å². The zero-order valence-corrected chi connectivity index (χ0v) is 13.7. The number of pyridine rings is 1. The second-order valence-electron chi connectivity index (χ2n) is 4.91.